The number of carbonyl (C=O) groups excluding carboxylic acids is 3. The van der Waals surface area contributed by atoms with Crippen LogP contribution >= 0.6 is 11.3 Å². The maximum Gasteiger partial charge on any atom is 0.295 e. The Kier molecular flexibility index (Phi) is 5.51. The van der Waals surface area contributed by atoms with Crippen molar-refractivity contribution in [3.8, 4) is 11.1 Å². The molecule has 0 bridgehead atoms. The zero-order valence-electron chi connectivity index (χ0n) is 18.0. The molecule has 4 heterocycles. The van der Waals surface area contributed by atoms with Gasteiger partial charge in [0.15, 0.2) is 0 Å². The molecule has 0 radical (unpaired) electrons. The van der Waals surface area contributed by atoms with Crippen molar-refractivity contribution in [3.05, 3.63) is 76.7 Å². The Balaban J connectivity index is 1.34. The third kappa shape index (κ3) is 3.82. The van der Waals surface area contributed by atoms with Crippen molar-refractivity contribution >= 4 is 40.0 Å². The van der Waals surface area contributed by atoms with Gasteiger partial charge in [-0.3, -0.25) is 19.4 Å². The molecule has 8 heteroatoms. The molecule has 1 N–H and O–H groups in total. The van der Waals surface area contributed by atoms with Gasteiger partial charge < -0.3 is 14.8 Å². The number of nitrogens with one attached hydrogen (secondary N) is 1. The maximum absolute atomic E-state index is 13.2. The van der Waals surface area contributed by atoms with E-state index in [0.717, 1.165) is 16.6 Å². The molecule has 5 rings (SSSR count). The number of fused-ring (bicyclic) bond motifs is 1. The van der Waals surface area contributed by atoms with E-state index in [1.165, 1.54) is 0 Å². The molecule has 1 atom stereocenters. The minimum absolute atomic E-state index is 0.0670. The fourth-order valence-electron chi connectivity index (χ4n) is 4.31. The zero-order valence-corrected chi connectivity index (χ0v) is 18.8. The molecule has 0 saturated carbocycles. The lowest BCUT2D eigenvalue weighted by Gasteiger charge is -2.39. The van der Waals surface area contributed by atoms with Crippen LogP contribution < -0.4 is 0 Å². The van der Waals surface area contributed by atoms with Crippen LogP contribution in [0.2, 0.25) is 0 Å². The number of piperazine rings is 1. The Labute approximate surface area is 194 Å². The molecule has 7 nitrogen and oxygen atoms in total. The molecular weight excluding hydrogens is 436 g/mol. The van der Waals surface area contributed by atoms with E-state index in [1.54, 1.807) is 45.7 Å². The third-order valence-corrected chi connectivity index (χ3v) is 6.72. The lowest BCUT2D eigenvalue weighted by Crippen LogP contribution is -2.56. The summed E-state index contributed by atoms with van der Waals surface area (Å²) in [6.45, 7) is 2.92. The number of Topliss-reactive ketones (excluding diaryl/α,β-unsaturated/α-hetero) is 1. The number of amides is 2. The topological polar surface area (TPSA) is 86.4 Å². The standard InChI is InChI=1S/C25H22N4O3S/c1-16-14-28(24(31)17-5-3-2-4-6-17)10-11-29(16)25(32)23(30)20-13-27-21-19(7-9-26-22(20)21)18-8-12-33-15-18/h2-9,12-13,15-16,27H,10-11,14H2,1H3. The fraction of sp³-hybridized carbons (Fsp3) is 0.200. The first-order chi connectivity index (χ1) is 16.0. The Morgan fingerprint density at radius 2 is 1.91 bits per heavy atom. The molecule has 166 valence electrons. The van der Waals surface area contributed by atoms with Crippen LogP contribution in [0.25, 0.3) is 22.2 Å². The van der Waals surface area contributed by atoms with Crippen molar-refractivity contribution in [1.29, 1.82) is 0 Å². The third-order valence-electron chi connectivity index (χ3n) is 6.03. The second-order valence-corrected chi connectivity index (χ2v) is 8.87. The Hall–Kier alpha value is -3.78. The summed E-state index contributed by atoms with van der Waals surface area (Å²) < 4.78 is 0. The highest BCUT2D eigenvalue weighted by molar-refractivity contribution is 7.08. The van der Waals surface area contributed by atoms with Crippen LogP contribution in [0, 0.1) is 0 Å². The van der Waals surface area contributed by atoms with Crippen molar-refractivity contribution in [3.63, 3.8) is 0 Å². The van der Waals surface area contributed by atoms with Gasteiger partial charge in [-0.15, -0.1) is 0 Å². The molecule has 4 aromatic rings. The average molecular weight is 459 g/mol. The molecular formula is C25H22N4O3S. The Morgan fingerprint density at radius 3 is 2.64 bits per heavy atom. The number of hydrogen-bond donors (Lipinski definition) is 1. The van der Waals surface area contributed by atoms with Gasteiger partial charge in [0.1, 0.15) is 0 Å². The predicted octanol–water partition coefficient (Wildman–Crippen LogP) is 3.85. The largest absolute Gasteiger partial charge is 0.359 e. The van der Waals surface area contributed by atoms with Crippen LogP contribution in [0.3, 0.4) is 0 Å². The van der Waals surface area contributed by atoms with Crippen LogP contribution in [-0.4, -0.2) is 63.0 Å². The number of aromatic amines is 1. The zero-order chi connectivity index (χ0) is 22.9. The van der Waals surface area contributed by atoms with Crippen molar-refractivity contribution in [2.45, 2.75) is 13.0 Å². The van der Waals surface area contributed by atoms with E-state index < -0.39 is 11.7 Å². The number of carbonyl (C=O) groups is 3. The van der Waals surface area contributed by atoms with Gasteiger partial charge in [0.05, 0.1) is 16.6 Å². The van der Waals surface area contributed by atoms with Gasteiger partial charge in [-0.1, -0.05) is 18.2 Å². The highest BCUT2D eigenvalue weighted by Crippen LogP contribution is 2.30. The molecule has 1 unspecified atom stereocenters. The summed E-state index contributed by atoms with van der Waals surface area (Å²) in [4.78, 5) is 49.9. The molecule has 1 aliphatic heterocycles. The van der Waals surface area contributed by atoms with E-state index in [4.69, 9.17) is 0 Å². The smallest absolute Gasteiger partial charge is 0.295 e. The summed E-state index contributed by atoms with van der Waals surface area (Å²) in [6.07, 6.45) is 3.22. The second kappa shape index (κ2) is 8.63. The van der Waals surface area contributed by atoms with E-state index >= 15 is 0 Å². The lowest BCUT2D eigenvalue weighted by atomic mass is 10.1. The molecule has 1 saturated heterocycles. The normalized spacial score (nSPS) is 16.2. The van der Waals surface area contributed by atoms with Gasteiger partial charge >= 0.3 is 0 Å². The van der Waals surface area contributed by atoms with E-state index in [1.807, 2.05) is 48.0 Å². The number of nitrogens with zero attached hydrogens (tertiary/aromatic N) is 3. The number of thiophene rings is 1. The highest BCUT2D eigenvalue weighted by atomic mass is 32.1. The molecule has 3 aromatic heterocycles. The summed E-state index contributed by atoms with van der Waals surface area (Å²) in [7, 11) is 0. The van der Waals surface area contributed by atoms with Crippen molar-refractivity contribution in [2.75, 3.05) is 19.6 Å². The van der Waals surface area contributed by atoms with E-state index in [0.29, 0.717) is 30.7 Å². The minimum Gasteiger partial charge on any atom is -0.359 e. The fourth-order valence-corrected chi connectivity index (χ4v) is 4.96. The second-order valence-electron chi connectivity index (χ2n) is 8.09. The Morgan fingerprint density at radius 1 is 1.09 bits per heavy atom. The first-order valence-corrected chi connectivity index (χ1v) is 11.7. The van der Waals surface area contributed by atoms with Gasteiger partial charge in [0.25, 0.3) is 17.6 Å². The van der Waals surface area contributed by atoms with Gasteiger partial charge in [-0.25, -0.2) is 0 Å². The SMILES string of the molecule is CC1CN(C(=O)c2ccccc2)CCN1C(=O)C(=O)c1c[nH]c2c(-c3ccsc3)ccnc12. The van der Waals surface area contributed by atoms with E-state index in [9.17, 15) is 14.4 Å². The lowest BCUT2D eigenvalue weighted by molar-refractivity contribution is -0.130. The molecule has 0 spiro atoms. The van der Waals surface area contributed by atoms with Crippen molar-refractivity contribution in [2.24, 2.45) is 0 Å². The summed E-state index contributed by atoms with van der Waals surface area (Å²) in [6, 6.07) is 12.7. The first-order valence-electron chi connectivity index (χ1n) is 10.7. The minimum atomic E-state index is -0.592. The van der Waals surface area contributed by atoms with Gasteiger partial charge in [-0.05, 0) is 47.5 Å². The number of H-pyrrole nitrogens is 1. The van der Waals surface area contributed by atoms with Gasteiger partial charge in [-0.2, -0.15) is 11.3 Å². The molecule has 1 aromatic carbocycles. The summed E-state index contributed by atoms with van der Waals surface area (Å²) >= 11 is 1.59. The van der Waals surface area contributed by atoms with Crippen LogP contribution in [0.1, 0.15) is 27.6 Å². The average Bonchev–Trinajstić information content (AvgIpc) is 3.53. The summed E-state index contributed by atoms with van der Waals surface area (Å²) in [5.74, 6) is -1.23. The van der Waals surface area contributed by atoms with Crippen LogP contribution in [0.4, 0.5) is 0 Å². The number of aromatic nitrogens is 2. The van der Waals surface area contributed by atoms with E-state index in [-0.39, 0.29) is 17.5 Å². The Bertz CT molecular complexity index is 1330. The summed E-state index contributed by atoms with van der Waals surface area (Å²) in [5.41, 5.74) is 4.08. The number of benzene rings is 1. The first kappa shape index (κ1) is 21.1. The van der Waals surface area contributed by atoms with Crippen LogP contribution in [0.5, 0.6) is 0 Å². The monoisotopic (exact) mass is 458 g/mol. The molecule has 1 aliphatic rings. The van der Waals surface area contributed by atoms with E-state index in [2.05, 4.69) is 9.97 Å². The summed E-state index contributed by atoms with van der Waals surface area (Å²) in [5, 5.41) is 4.02. The van der Waals surface area contributed by atoms with Crippen LogP contribution in [-0.2, 0) is 4.79 Å². The molecule has 0 aliphatic carbocycles. The molecule has 33 heavy (non-hydrogen) atoms. The number of ketones is 1. The number of hydrogen-bond acceptors (Lipinski definition) is 5. The number of pyridine rings is 1. The maximum atomic E-state index is 13.2. The predicted molar refractivity (Wildman–Crippen MR) is 127 cm³/mol. The van der Waals surface area contributed by atoms with Gasteiger partial charge in [0, 0.05) is 49.2 Å². The highest BCUT2D eigenvalue weighted by Gasteiger charge is 2.34. The van der Waals surface area contributed by atoms with Gasteiger partial charge in [0.2, 0.25) is 0 Å². The number of rotatable bonds is 4. The molecule has 1 fully saturated rings. The molecule has 2 amide bonds. The van der Waals surface area contributed by atoms with Crippen molar-refractivity contribution < 1.29 is 14.4 Å². The van der Waals surface area contributed by atoms with Crippen molar-refractivity contribution in [1.82, 2.24) is 19.8 Å². The quantitative estimate of drug-likeness (QED) is 0.372. The van der Waals surface area contributed by atoms with Crippen LogP contribution in [0.15, 0.2) is 65.6 Å².